The lowest BCUT2D eigenvalue weighted by atomic mass is 10.4. The SMILES string of the molecule is C=CCN(CC=C)C(=O)COC(=O)CNS(=O)(=O)c1cccc(Br)c1. The minimum Gasteiger partial charge on any atom is -0.455 e. The van der Waals surface area contributed by atoms with E-state index in [1.807, 2.05) is 0 Å². The fraction of sp³-hybridized carbons (Fsp3) is 0.250. The molecule has 0 aliphatic rings. The molecule has 25 heavy (non-hydrogen) atoms. The zero-order chi connectivity index (χ0) is 18.9. The van der Waals surface area contributed by atoms with Gasteiger partial charge in [-0.2, -0.15) is 4.72 Å². The minimum atomic E-state index is -3.85. The van der Waals surface area contributed by atoms with E-state index in [1.54, 1.807) is 12.1 Å². The van der Waals surface area contributed by atoms with Crippen LogP contribution in [0.1, 0.15) is 0 Å². The Balaban J connectivity index is 2.53. The third-order valence-corrected chi connectivity index (χ3v) is 4.81. The molecule has 0 atom stereocenters. The van der Waals surface area contributed by atoms with Crippen molar-refractivity contribution in [2.45, 2.75) is 4.90 Å². The van der Waals surface area contributed by atoms with Gasteiger partial charge in [0, 0.05) is 17.6 Å². The molecule has 0 aliphatic heterocycles. The van der Waals surface area contributed by atoms with Crippen molar-refractivity contribution in [3.63, 3.8) is 0 Å². The van der Waals surface area contributed by atoms with E-state index in [4.69, 9.17) is 4.74 Å². The van der Waals surface area contributed by atoms with Crippen molar-refractivity contribution in [3.8, 4) is 0 Å². The van der Waals surface area contributed by atoms with Gasteiger partial charge in [0.25, 0.3) is 5.91 Å². The first kappa shape index (κ1) is 21.1. The summed E-state index contributed by atoms with van der Waals surface area (Å²) in [6, 6.07) is 6.03. The molecule has 0 unspecified atom stereocenters. The quantitative estimate of drug-likeness (QED) is 0.448. The number of hydrogen-bond acceptors (Lipinski definition) is 5. The van der Waals surface area contributed by atoms with Gasteiger partial charge in [-0.05, 0) is 18.2 Å². The molecular weight excluding hydrogens is 412 g/mol. The number of amides is 1. The van der Waals surface area contributed by atoms with Crippen molar-refractivity contribution in [2.24, 2.45) is 0 Å². The number of carbonyl (C=O) groups excluding carboxylic acids is 2. The van der Waals surface area contributed by atoms with Crippen LogP contribution in [0.4, 0.5) is 0 Å². The van der Waals surface area contributed by atoms with Crippen molar-refractivity contribution < 1.29 is 22.7 Å². The first-order valence-electron chi connectivity index (χ1n) is 7.20. The smallest absolute Gasteiger partial charge is 0.321 e. The number of halogens is 1. The van der Waals surface area contributed by atoms with Gasteiger partial charge in [0.05, 0.1) is 4.90 Å². The second kappa shape index (κ2) is 10.1. The van der Waals surface area contributed by atoms with Crippen molar-refractivity contribution in [2.75, 3.05) is 26.2 Å². The second-order valence-corrected chi connectivity index (χ2v) is 7.50. The number of rotatable bonds is 10. The zero-order valence-corrected chi connectivity index (χ0v) is 15.9. The molecule has 0 fully saturated rings. The summed E-state index contributed by atoms with van der Waals surface area (Å²) in [5, 5.41) is 0. The Hall–Kier alpha value is -1.97. The van der Waals surface area contributed by atoms with Gasteiger partial charge < -0.3 is 9.64 Å². The van der Waals surface area contributed by atoms with Crippen LogP contribution in [0.15, 0.2) is 58.9 Å². The fourth-order valence-electron chi connectivity index (χ4n) is 1.75. The molecule has 1 aromatic rings. The first-order valence-corrected chi connectivity index (χ1v) is 9.48. The van der Waals surface area contributed by atoms with Crippen molar-refractivity contribution in [1.29, 1.82) is 0 Å². The molecule has 1 aromatic carbocycles. The van der Waals surface area contributed by atoms with Crippen LogP contribution < -0.4 is 4.72 Å². The van der Waals surface area contributed by atoms with Crippen LogP contribution in [0.3, 0.4) is 0 Å². The number of nitrogens with zero attached hydrogens (tertiary/aromatic N) is 1. The highest BCUT2D eigenvalue weighted by Crippen LogP contribution is 2.15. The normalized spacial score (nSPS) is 10.8. The molecule has 1 rings (SSSR count). The van der Waals surface area contributed by atoms with Gasteiger partial charge in [-0.25, -0.2) is 8.42 Å². The summed E-state index contributed by atoms with van der Waals surface area (Å²) in [6.45, 7) is 6.59. The third-order valence-electron chi connectivity index (χ3n) is 2.92. The van der Waals surface area contributed by atoms with Gasteiger partial charge in [-0.3, -0.25) is 9.59 Å². The maximum atomic E-state index is 12.1. The highest BCUT2D eigenvalue weighted by molar-refractivity contribution is 9.10. The molecule has 1 N–H and O–H groups in total. The van der Waals surface area contributed by atoms with E-state index in [2.05, 4.69) is 33.8 Å². The van der Waals surface area contributed by atoms with Gasteiger partial charge >= 0.3 is 5.97 Å². The summed E-state index contributed by atoms with van der Waals surface area (Å²) in [6.07, 6.45) is 3.07. The Morgan fingerprint density at radius 2 is 1.88 bits per heavy atom. The van der Waals surface area contributed by atoms with Gasteiger partial charge in [-0.15, -0.1) is 13.2 Å². The Bertz CT molecular complexity index is 739. The summed E-state index contributed by atoms with van der Waals surface area (Å²) in [5.74, 6) is -1.29. The number of benzene rings is 1. The summed E-state index contributed by atoms with van der Waals surface area (Å²) in [4.78, 5) is 25.0. The predicted molar refractivity (Wildman–Crippen MR) is 97.3 cm³/mol. The molecule has 7 nitrogen and oxygen atoms in total. The van der Waals surface area contributed by atoms with Crippen LogP contribution in [-0.4, -0.2) is 51.4 Å². The zero-order valence-electron chi connectivity index (χ0n) is 13.5. The highest BCUT2D eigenvalue weighted by Gasteiger charge is 2.18. The maximum absolute atomic E-state index is 12.1. The van der Waals surface area contributed by atoms with Gasteiger partial charge in [0.15, 0.2) is 6.61 Å². The van der Waals surface area contributed by atoms with E-state index in [1.165, 1.54) is 29.2 Å². The fourth-order valence-corrected chi connectivity index (χ4v) is 3.31. The number of carbonyl (C=O) groups is 2. The van der Waals surface area contributed by atoms with E-state index in [0.717, 1.165) is 0 Å². The lowest BCUT2D eigenvalue weighted by Gasteiger charge is -2.18. The molecule has 0 radical (unpaired) electrons. The second-order valence-electron chi connectivity index (χ2n) is 4.82. The molecule has 0 heterocycles. The Labute approximate surface area is 155 Å². The maximum Gasteiger partial charge on any atom is 0.321 e. The van der Waals surface area contributed by atoms with E-state index in [9.17, 15) is 18.0 Å². The molecule has 9 heteroatoms. The summed E-state index contributed by atoms with van der Waals surface area (Å²) >= 11 is 3.17. The topological polar surface area (TPSA) is 92.8 Å². The summed E-state index contributed by atoms with van der Waals surface area (Å²) in [5.41, 5.74) is 0. The monoisotopic (exact) mass is 430 g/mol. The molecule has 0 saturated heterocycles. The van der Waals surface area contributed by atoms with Crippen molar-refractivity contribution in [1.82, 2.24) is 9.62 Å². The third kappa shape index (κ3) is 7.20. The number of hydrogen-bond donors (Lipinski definition) is 1. The van der Waals surface area contributed by atoms with E-state index >= 15 is 0 Å². The average Bonchev–Trinajstić information content (AvgIpc) is 2.57. The molecule has 0 aliphatic carbocycles. The number of sulfonamides is 1. The highest BCUT2D eigenvalue weighted by atomic mass is 79.9. The molecule has 0 bridgehead atoms. The first-order chi connectivity index (χ1) is 11.8. The van der Waals surface area contributed by atoms with Crippen molar-refractivity contribution in [3.05, 3.63) is 54.0 Å². The van der Waals surface area contributed by atoms with Crippen LogP contribution in [0.25, 0.3) is 0 Å². The van der Waals surface area contributed by atoms with Crippen LogP contribution in [0.5, 0.6) is 0 Å². The molecule has 136 valence electrons. The molecular formula is C16H19BrN2O5S. The molecule has 0 aromatic heterocycles. The van der Waals surface area contributed by atoms with Crippen molar-refractivity contribution >= 4 is 37.8 Å². The Morgan fingerprint density at radius 3 is 2.44 bits per heavy atom. The molecule has 0 saturated carbocycles. The van der Waals surface area contributed by atoms with Crippen LogP contribution >= 0.6 is 15.9 Å². The lowest BCUT2D eigenvalue weighted by molar-refractivity contribution is -0.150. The van der Waals surface area contributed by atoms with Crippen LogP contribution in [0, 0.1) is 0 Å². The van der Waals surface area contributed by atoms with Gasteiger partial charge in [0.2, 0.25) is 10.0 Å². The van der Waals surface area contributed by atoms with Gasteiger partial charge in [0.1, 0.15) is 6.54 Å². The summed E-state index contributed by atoms with van der Waals surface area (Å²) < 4.78 is 31.7. The number of ether oxygens (including phenoxy) is 1. The molecule has 0 spiro atoms. The summed E-state index contributed by atoms with van der Waals surface area (Å²) in [7, 11) is -3.85. The number of esters is 1. The van der Waals surface area contributed by atoms with Crippen LogP contribution in [-0.2, 0) is 24.3 Å². The molecule has 1 amide bonds. The minimum absolute atomic E-state index is 0.00823. The lowest BCUT2D eigenvalue weighted by Crippen LogP contribution is -2.37. The van der Waals surface area contributed by atoms with E-state index in [-0.39, 0.29) is 18.0 Å². The standard InChI is InChI=1S/C16H19BrN2O5S/c1-3-8-19(9-4-2)15(20)12-24-16(21)11-18-25(22,23)14-7-5-6-13(17)10-14/h3-7,10,18H,1-2,8-9,11-12H2. The Morgan fingerprint density at radius 1 is 1.24 bits per heavy atom. The average molecular weight is 431 g/mol. The largest absolute Gasteiger partial charge is 0.455 e. The van der Waals surface area contributed by atoms with Gasteiger partial charge in [-0.1, -0.05) is 34.1 Å². The number of nitrogens with one attached hydrogen (secondary N) is 1. The van der Waals surface area contributed by atoms with E-state index < -0.39 is 35.1 Å². The van der Waals surface area contributed by atoms with Crippen LogP contribution in [0.2, 0.25) is 0 Å². The predicted octanol–water partition coefficient (Wildman–Crippen LogP) is 1.47. The Kier molecular flexibility index (Phi) is 8.53. The van der Waals surface area contributed by atoms with E-state index in [0.29, 0.717) is 4.47 Å².